The van der Waals surface area contributed by atoms with Gasteiger partial charge in [-0.15, -0.1) is 0 Å². The summed E-state index contributed by atoms with van der Waals surface area (Å²) in [7, 11) is 0. The number of benzene rings is 1. The molecule has 0 bridgehead atoms. The van der Waals surface area contributed by atoms with Crippen molar-refractivity contribution in [1.82, 2.24) is 4.98 Å². The van der Waals surface area contributed by atoms with Crippen molar-refractivity contribution in [3.63, 3.8) is 0 Å². The quantitative estimate of drug-likeness (QED) is 0.937. The van der Waals surface area contributed by atoms with Crippen molar-refractivity contribution in [3.05, 3.63) is 52.7 Å². The third-order valence-corrected chi connectivity index (χ3v) is 3.48. The molecule has 0 aliphatic rings. The van der Waals surface area contributed by atoms with Crippen molar-refractivity contribution in [2.24, 2.45) is 0 Å². The average molecular weight is 291 g/mol. The Morgan fingerprint density at radius 2 is 2.16 bits per heavy atom. The zero-order valence-electron chi connectivity index (χ0n) is 9.50. The standard InChI is InChI=1S/C13H7ClN2O2S/c14-11-5-4-9(6-10(11)13(17)18)19-12-3-1-2-8(7-15)16-12/h1-6H,(H,17,18). The molecular formula is C13H7ClN2O2S. The Kier molecular flexibility index (Phi) is 4.05. The fraction of sp³-hybridized carbons (Fsp3) is 0. The largest absolute Gasteiger partial charge is 0.478 e. The summed E-state index contributed by atoms with van der Waals surface area (Å²) in [6.45, 7) is 0. The van der Waals surface area contributed by atoms with Crippen LogP contribution in [-0.2, 0) is 0 Å². The second-order valence-corrected chi connectivity index (χ2v) is 5.02. The Labute approximate surface area is 118 Å². The van der Waals surface area contributed by atoms with Crippen LogP contribution in [0.5, 0.6) is 0 Å². The van der Waals surface area contributed by atoms with Crippen LogP contribution < -0.4 is 0 Å². The highest BCUT2D eigenvalue weighted by molar-refractivity contribution is 7.99. The molecule has 2 rings (SSSR count). The van der Waals surface area contributed by atoms with E-state index < -0.39 is 5.97 Å². The third kappa shape index (κ3) is 3.25. The number of carboxylic acid groups (broad SMARTS) is 1. The molecule has 6 heteroatoms. The molecule has 0 saturated carbocycles. The number of hydrogen-bond acceptors (Lipinski definition) is 4. The van der Waals surface area contributed by atoms with Gasteiger partial charge in [0.15, 0.2) is 0 Å². The molecule has 0 unspecified atom stereocenters. The van der Waals surface area contributed by atoms with Gasteiger partial charge in [-0.1, -0.05) is 29.4 Å². The summed E-state index contributed by atoms with van der Waals surface area (Å²) >= 11 is 7.07. The maximum atomic E-state index is 11.0. The number of nitriles is 1. The number of nitrogens with zero attached hydrogens (tertiary/aromatic N) is 2. The first-order chi connectivity index (χ1) is 9.10. The van der Waals surface area contributed by atoms with Crippen LogP contribution in [0.15, 0.2) is 46.3 Å². The van der Waals surface area contributed by atoms with Gasteiger partial charge in [-0.2, -0.15) is 5.26 Å². The molecule has 0 spiro atoms. The molecule has 0 amide bonds. The normalized spacial score (nSPS) is 9.89. The highest BCUT2D eigenvalue weighted by Gasteiger charge is 2.10. The van der Waals surface area contributed by atoms with E-state index in [1.165, 1.54) is 23.9 Å². The number of pyridine rings is 1. The number of aromatic nitrogens is 1. The summed E-state index contributed by atoms with van der Waals surface area (Å²) < 4.78 is 0. The first-order valence-electron chi connectivity index (χ1n) is 5.18. The lowest BCUT2D eigenvalue weighted by Gasteiger charge is -2.04. The highest BCUT2D eigenvalue weighted by Crippen LogP contribution is 2.29. The topological polar surface area (TPSA) is 74.0 Å². The molecule has 0 aliphatic heterocycles. The minimum absolute atomic E-state index is 0.0445. The van der Waals surface area contributed by atoms with E-state index in [4.69, 9.17) is 22.0 Å². The summed E-state index contributed by atoms with van der Waals surface area (Å²) in [6.07, 6.45) is 0. The second-order valence-electron chi connectivity index (χ2n) is 3.52. The zero-order chi connectivity index (χ0) is 13.8. The average Bonchev–Trinajstić information content (AvgIpc) is 2.41. The number of aromatic carboxylic acids is 1. The third-order valence-electron chi connectivity index (χ3n) is 2.23. The lowest BCUT2D eigenvalue weighted by atomic mass is 10.2. The molecular weight excluding hydrogens is 284 g/mol. The molecule has 0 aliphatic carbocycles. The summed E-state index contributed by atoms with van der Waals surface area (Å²) in [5.74, 6) is -1.08. The number of halogens is 1. The van der Waals surface area contributed by atoms with Gasteiger partial charge in [0, 0.05) is 4.90 Å². The van der Waals surface area contributed by atoms with Crippen molar-refractivity contribution >= 4 is 29.3 Å². The Balaban J connectivity index is 2.31. The Morgan fingerprint density at radius 3 is 2.84 bits per heavy atom. The molecule has 94 valence electrons. The minimum Gasteiger partial charge on any atom is -0.478 e. The van der Waals surface area contributed by atoms with Crippen molar-refractivity contribution < 1.29 is 9.90 Å². The smallest absolute Gasteiger partial charge is 0.337 e. The molecule has 0 atom stereocenters. The van der Waals surface area contributed by atoms with Crippen LogP contribution in [0.2, 0.25) is 5.02 Å². The van der Waals surface area contributed by atoms with Crippen LogP contribution in [0.3, 0.4) is 0 Å². The predicted octanol–water partition coefficient (Wildman–Crippen LogP) is 3.46. The van der Waals surface area contributed by atoms with Gasteiger partial charge >= 0.3 is 5.97 Å². The van der Waals surface area contributed by atoms with Crippen molar-refractivity contribution in [2.75, 3.05) is 0 Å². The van der Waals surface area contributed by atoms with E-state index in [0.29, 0.717) is 15.6 Å². The van der Waals surface area contributed by atoms with Crippen LogP contribution in [0.1, 0.15) is 16.1 Å². The molecule has 1 heterocycles. The first-order valence-corrected chi connectivity index (χ1v) is 6.37. The Morgan fingerprint density at radius 1 is 1.37 bits per heavy atom. The highest BCUT2D eigenvalue weighted by atomic mass is 35.5. The van der Waals surface area contributed by atoms with Gasteiger partial charge < -0.3 is 5.11 Å². The monoisotopic (exact) mass is 290 g/mol. The summed E-state index contributed by atoms with van der Waals surface area (Å²) in [4.78, 5) is 15.8. The van der Waals surface area contributed by atoms with Crippen LogP contribution in [-0.4, -0.2) is 16.1 Å². The van der Waals surface area contributed by atoms with Gasteiger partial charge in [0.2, 0.25) is 0 Å². The summed E-state index contributed by atoms with van der Waals surface area (Å²) in [6, 6.07) is 11.8. The van der Waals surface area contributed by atoms with E-state index in [9.17, 15) is 4.79 Å². The maximum Gasteiger partial charge on any atom is 0.337 e. The van der Waals surface area contributed by atoms with Crippen LogP contribution in [0.4, 0.5) is 0 Å². The van der Waals surface area contributed by atoms with Gasteiger partial charge in [0.1, 0.15) is 16.8 Å². The van der Waals surface area contributed by atoms with Gasteiger partial charge in [0.25, 0.3) is 0 Å². The Hall–Kier alpha value is -2.03. The van der Waals surface area contributed by atoms with E-state index in [2.05, 4.69) is 4.98 Å². The zero-order valence-corrected chi connectivity index (χ0v) is 11.1. The molecule has 0 saturated heterocycles. The van der Waals surface area contributed by atoms with E-state index in [1.807, 2.05) is 6.07 Å². The molecule has 19 heavy (non-hydrogen) atoms. The van der Waals surface area contributed by atoms with Gasteiger partial charge in [-0.3, -0.25) is 0 Å². The molecule has 2 aromatic rings. The molecule has 0 fully saturated rings. The van der Waals surface area contributed by atoms with Crippen LogP contribution in [0, 0.1) is 11.3 Å². The van der Waals surface area contributed by atoms with Gasteiger partial charge in [0.05, 0.1) is 10.6 Å². The van der Waals surface area contributed by atoms with Gasteiger partial charge in [-0.05, 0) is 30.3 Å². The fourth-order valence-corrected chi connectivity index (χ4v) is 2.43. The fourth-order valence-electron chi connectivity index (χ4n) is 1.39. The molecule has 1 N–H and O–H groups in total. The van der Waals surface area contributed by atoms with Crippen molar-refractivity contribution in [3.8, 4) is 6.07 Å². The Bertz CT molecular complexity index is 683. The van der Waals surface area contributed by atoms with E-state index in [1.54, 1.807) is 24.3 Å². The van der Waals surface area contributed by atoms with Crippen LogP contribution >= 0.6 is 23.4 Å². The number of hydrogen-bond donors (Lipinski definition) is 1. The molecule has 0 radical (unpaired) electrons. The minimum atomic E-state index is -1.08. The van der Waals surface area contributed by atoms with E-state index >= 15 is 0 Å². The second kappa shape index (κ2) is 5.74. The van der Waals surface area contributed by atoms with E-state index in [0.717, 1.165) is 0 Å². The molecule has 1 aromatic carbocycles. The number of carbonyl (C=O) groups is 1. The molecule has 1 aromatic heterocycles. The lowest BCUT2D eigenvalue weighted by Crippen LogP contribution is -1.97. The van der Waals surface area contributed by atoms with Crippen LogP contribution in [0.25, 0.3) is 0 Å². The first kappa shape index (κ1) is 13.4. The van der Waals surface area contributed by atoms with Gasteiger partial charge in [-0.25, -0.2) is 9.78 Å². The SMILES string of the molecule is N#Cc1cccc(Sc2ccc(Cl)c(C(=O)O)c2)n1. The van der Waals surface area contributed by atoms with Crippen molar-refractivity contribution in [2.45, 2.75) is 9.92 Å². The summed E-state index contributed by atoms with van der Waals surface area (Å²) in [5.41, 5.74) is 0.362. The number of carboxylic acids is 1. The van der Waals surface area contributed by atoms with E-state index in [-0.39, 0.29) is 10.6 Å². The predicted molar refractivity (Wildman–Crippen MR) is 71.5 cm³/mol. The molecule has 4 nitrogen and oxygen atoms in total. The number of rotatable bonds is 3. The maximum absolute atomic E-state index is 11.0. The van der Waals surface area contributed by atoms with Crippen molar-refractivity contribution in [1.29, 1.82) is 5.26 Å². The summed E-state index contributed by atoms with van der Waals surface area (Å²) in [5, 5.41) is 18.6. The lowest BCUT2D eigenvalue weighted by molar-refractivity contribution is 0.0697.